The molecule has 0 aliphatic rings. The van der Waals surface area contributed by atoms with Crippen LogP contribution in [0.4, 0.5) is 0 Å². The molecule has 6 heteroatoms. The van der Waals surface area contributed by atoms with Gasteiger partial charge in [-0.3, -0.25) is 0 Å². The van der Waals surface area contributed by atoms with Gasteiger partial charge in [0.05, 0.1) is 0 Å². The van der Waals surface area contributed by atoms with Gasteiger partial charge in [0.1, 0.15) is 11.2 Å². The highest BCUT2D eigenvalue weighted by atomic mass is 32.1. The SMILES string of the molecule is c1ccc(-c2nc(-c3ccccc3)nc(-c3ccc4c(c3)oc3c(-c5cc(-c6ccc7c(c6)sc6ccccc67)cc6c5sc5ccccc56)cccc34)n2)cc1. The lowest BCUT2D eigenvalue weighted by Gasteiger charge is -2.10. The number of fused-ring (bicyclic) bond motifs is 9. The lowest BCUT2D eigenvalue weighted by Crippen LogP contribution is -2.00. The monoisotopic (exact) mass is 763 g/mol. The molecule has 8 aromatic carbocycles. The van der Waals surface area contributed by atoms with E-state index in [-0.39, 0.29) is 0 Å². The van der Waals surface area contributed by atoms with E-state index < -0.39 is 0 Å². The molecule has 0 atom stereocenters. The minimum Gasteiger partial charge on any atom is -0.455 e. The van der Waals surface area contributed by atoms with Gasteiger partial charge < -0.3 is 4.42 Å². The molecule has 12 aromatic rings. The number of rotatable bonds is 5. The van der Waals surface area contributed by atoms with Crippen LogP contribution in [0, 0.1) is 0 Å². The van der Waals surface area contributed by atoms with E-state index >= 15 is 0 Å². The van der Waals surface area contributed by atoms with Crippen molar-refractivity contribution in [2.24, 2.45) is 0 Å². The lowest BCUT2D eigenvalue weighted by molar-refractivity contribution is 0.670. The van der Waals surface area contributed by atoms with E-state index in [0.717, 1.165) is 44.2 Å². The maximum absolute atomic E-state index is 6.92. The largest absolute Gasteiger partial charge is 0.455 e. The molecule has 0 N–H and O–H groups in total. The van der Waals surface area contributed by atoms with Gasteiger partial charge in [0.25, 0.3) is 0 Å². The van der Waals surface area contributed by atoms with E-state index in [1.165, 1.54) is 57.0 Å². The Kier molecular flexibility index (Phi) is 7.24. The molecule has 266 valence electrons. The van der Waals surface area contributed by atoms with Gasteiger partial charge in [0.15, 0.2) is 17.5 Å². The minimum atomic E-state index is 0.598. The predicted molar refractivity (Wildman–Crippen MR) is 240 cm³/mol. The molecule has 0 aliphatic carbocycles. The van der Waals surface area contributed by atoms with Crippen molar-refractivity contribution in [3.05, 3.63) is 176 Å². The van der Waals surface area contributed by atoms with Crippen molar-refractivity contribution in [3.63, 3.8) is 0 Å². The van der Waals surface area contributed by atoms with Gasteiger partial charge in [-0.1, -0.05) is 133 Å². The highest BCUT2D eigenvalue weighted by Gasteiger charge is 2.20. The fourth-order valence-electron chi connectivity index (χ4n) is 8.19. The number of furan rings is 1. The Hall–Kier alpha value is -6.99. The van der Waals surface area contributed by atoms with Crippen molar-refractivity contribution in [2.45, 2.75) is 0 Å². The molecule has 0 saturated heterocycles. The van der Waals surface area contributed by atoms with Crippen LogP contribution in [0.5, 0.6) is 0 Å². The molecule has 0 radical (unpaired) electrons. The topological polar surface area (TPSA) is 51.8 Å². The van der Waals surface area contributed by atoms with Crippen LogP contribution in [0.15, 0.2) is 180 Å². The third-order valence-corrected chi connectivity index (χ3v) is 13.3. The molecule has 4 aromatic heterocycles. The first kappa shape index (κ1) is 32.3. The number of aromatic nitrogens is 3. The quantitative estimate of drug-likeness (QED) is 0.175. The number of thiophene rings is 2. The second-order valence-electron chi connectivity index (χ2n) is 14.3. The van der Waals surface area contributed by atoms with Crippen LogP contribution >= 0.6 is 22.7 Å². The molecule has 0 bridgehead atoms. The molecular weight excluding hydrogens is 735 g/mol. The summed E-state index contributed by atoms with van der Waals surface area (Å²) < 4.78 is 12.1. The summed E-state index contributed by atoms with van der Waals surface area (Å²) in [6.07, 6.45) is 0. The third-order valence-electron chi connectivity index (χ3n) is 10.9. The van der Waals surface area contributed by atoms with Crippen LogP contribution in [-0.2, 0) is 0 Å². The zero-order chi connectivity index (χ0) is 37.5. The van der Waals surface area contributed by atoms with Crippen LogP contribution in [0.1, 0.15) is 0 Å². The van der Waals surface area contributed by atoms with Crippen molar-refractivity contribution in [1.82, 2.24) is 15.0 Å². The number of hydrogen-bond acceptors (Lipinski definition) is 6. The standard InChI is InChI=1S/C51H29N3OS2/c1-3-12-30(13-4-1)49-52-50(31-14-5-2-6-15-31)54-51(53-49)33-23-24-35-39-18-11-19-40(47(39)55-43(35)28-33)42-27-34(26-41-37-17-8-10-21-45(37)57-48(41)42)32-22-25-38-36-16-7-9-20-44(36)56-46(38)29-32/h1-29H. The Balaban J connectivity index is 1.04. The van der Waals surface area contributed by atoms with Gasteiger partial charge in [-0.05, 0) is 53.6 Å². The van der Waals surface area contributed by atoms with Crippen LogP contribution in [0.25, 0.3) is 119 Å². The van der Waals surface area contributed by atoms with Crippen LogP contribution < -0.4 is 0 Å². The highest BCUT2D eigenvalue weighted by Crippen LogP contribution is 2.46. The second-order valence-corrected chi connectivity index (χ2v) is 16.5. The second kappa shape index (κ2) is 12.8. The van der Waals surface area contributed by atoms with Gasteiger partial charge >= 0.3 is 0 Å². The van der Waals surface area contributed by atoms with E-state index in [1.54, 1.807) is 0 Å². The Bertz CT molecular complexity index is 3470. The maximum atomic E-state index is 6.92. The smallest absolute Gasteiger partial charge is 0.164 e. The van der Waals surface area contributed by atoms with E-state index in [1.807, 2.05) is 83.3 Å². The highest BCUT2D eigenvalue weighted by molar-refractivity contribution is 7.26. The average Bonchev–Trinajstić information content (AvgIpc) is 3.97. The van der Waals surface area contributed by atoms with Crippen molar-refractivity contribution >= 4 is 85.0 Å². The summed E-state index contributed by atoms with van der Waals surface area (Å²) in [5.74, 6) is 1.86. The molecule has 0 fully saturated rings. The minimum absolute atomic E-state index is 0.598. The first-order chi connectivity index (χ1) is 28.2. The third kappa shape index (κ3) is 5.30. The van der Waals surface area contributed by atoms with Crippen molar-refractivity contribution in [1.29, 1.82) is 0 Å². The first-order valence-corrected chi connectivity index (χ1v) is 20.6. The summed E-state index contributed by atoms with van der Waals surface area (Å²) in [7, 11) is 0. The zero-order valence-electron chi connectivity index (χ0n) is 30.3. The summed E-state index contributed by atoms with van der Waals surface area (Å²) >= 11 is 3.70. The number of nitrogens with zero attached hydrogens (tertiary/aromatic N) is 3. The number of hydrogen-bond donors (Lipinski definition) is 0. The Labute approximate surface area is 335 Å². The summed E-state index contributed by atoms with van der Waals surface area (Å²) in [5, 5.41) is 7.27. The Morgan fingerprint density at radius 2 is 0.912 bits per heavy atom. The van der Waals surface area contributed by atoms with E-state index in [2.05, 4.69) is 115 Å². The fourth-order valence-corrected chi connectivity index (χ4v) is 10.5. The first-order valence-electron chi connectivity index (χ1n) is 18.9. The van der Waals surface area contributed by atoms with Gasteiger partial charge in [0, 0.05) is 78.9 Å². The molecule has 4 nitrogen and oxygen atoms in total. The summed E-state index contributed by atoms with van der Waals surface area (Å²) in [6, 6.07) is 62.0. The van der Waals surface area contributed by atoms with Crippen molar-refractivity contribution < 1.29 is 4.42 Å². The summed E-state index contributed by atoms with van der Waals surface area (Å²) in [5.41, 5.74) is 9.03. The molecule has 0 unspecified atom stereocenters. The molecule has 12 rings (SSSR count). The van der Waals surface area contributed by atoms with Crippen molar-refractivity contribution in [2.75, 3.05) is 0 Å². The van der Waals surface area contributed by atoms with Crippen LogP contribution in [0.3, 0.4) is 0 Å². The van der Waals surface area contributed by atoms with E-state index in [0.29, 0.717) is 17.5 Å². The van der Waals surface area contributed by atoms with Crippen molar-refractivity contribution in [3.8, 4) is 56.4 Å². The zero-order valence-corrected chi connectivity index (χ0v) is 31.9. The molecular formula is C51H29N3OS2. The van der Waals surface area contributed by atoms with Crippen LogP contribution in [-0.4, -0.2) is 15.0 Å². The number of para-hydroxylation sites is 1. The van der Waals surface area contributed by atoms with E-state index in [9.17, 15) is 0 Å². The molecule has 0 saturated carbocycles. The molecule has 4 heterocycles. The molecule has 0 aliphatic heterocycles. The summed E-state index contributed by atoms with van der Waals surface area (Å²) in [4.78, 5) is 14.9. The molecule has 0 amide bonds. The number of benzene rings is 8. The average molecular weight is 764 g/mol. The Morgan fingerprint density at radius 3 is 1.65 bits per heavy atom. The summed E-state index contributed by atoms with van der Waals surface area (Å²) in [6.45, 7) is 0. The van der Waals surface area contributed by atoms with Gasteiger partial charge in [-0.25, -0.2) is 15.0 Å². The Morgan fingerprint density at radius 1 is 0.333 bits per heavy atom. The van der Waals surface area contributed by atoms with Gasteiger partial charge in [0.2, 0.25) is 0 Å². The maximum Gasteiger partial charge on any atom is 0.164 e. The van der Waals surface area contributed by atoms with Crippen LogP contribution in [0.2, 0.25) is 0 Å². The molecule has 57 heavy (non-hydrogen) atoms. The van der Waals surface area contributed by atoms with Gasteiger partial charge in [-0.15, -0.1) is 22.7 Å². The predicted octanol–water partition coefficient (Wildman–Crippen LogP) is 14.8. The lowest BCUT2D eigenvalue weighted by atomic mass is 9.94. The van der Waals surface area contributed by atoms with E-state index in [4.69, 9.17) is 19.4 Å². The normalized spacial score (nSPS) is 11.9. The molecule has 0 spiro atoms. The fraction of sp³-hybridized carbons (Fsp3) is 0. The van der Waals surface area contributed by atoms with Gasteiger partial charge in [-0.2, -0.15) is 0 Å².